The van der Waals surface area contributed by atoms with Crippen LogP contribution in [0.25, 0.3) is 0 Å². The topological polar surface area (TPSA) is 94.2 Å². The molecule has 0 spiro atoms. The van der Waals surface area contributed by atoms with E-state index in [0.29, 0.717) is 0 Å². The number of nitriles is 2. The van der Waals surface area contributed by atoms with Crippen LogP contribution in [0, 0.1) is 28.5 Å². The summed E-state index contributed by atoms with van der Waals surface area (Å²) in [6.07, 6.45) is 0.188. The van der Waals surface area contributed by atoms with Crippen LogP contribution in [-0.2, 0) is 9.53 Å². The Morgan fingerprint density at radius 2 is 1.83 bits per heavy atom. The number of hydrogen-bond acceptors (Lipinski definition) is 5. The quantitative estimate of drug-likeness (QED) is 0.711. The van der Waals surface area contributed by atoms with E-state index < -0.39 is 24.3 Å². The molecule has 0 bridgehead atoms. The van der Waals surface area contributed by atoms with E-state index in [-0.39, 0.29) is 36.5 Å². The SMILES string of the molecule is N#CCCN(CCC#N)C(=O)COC(=O)c1ccc(Cl)cc1F. The Morgan fingerprint density at radius 3 is 2.35 bits per heavy atom. The van der Waals surface area contributed by atoms with Crippen LogP contribution in [0.3, 0.4) is 0 Å². The molecule has 0 saturated heterocycles. The van der Waals surface area contributed by atoms with Crippen LogP contribution in [0.4, 0.5) is 4.39 Å². The number of amides is 1. The van der Waals surface area contributed by atoms with Gasteiger partial charge in [0.1, 0.15) is 5.82 Å². The molecular formula is C15H13ClFN3O3. The van der Waals surface area contributed by atoms with Crippen molar-refractivity contribution in [1.82, 2.24) is 4.90 Å². The van der Waals surface area contributed by atoms with Gasteiger partial charge < -0.3 is 9.64 Å². The first kappa shape index (κ1) is 18.4. The van der Waals surface area contributed by atoms with Crippen molar-refractivity contribution >= 4 is 23.5 Å². The molecule has 1 rings (SSSR count). The monoisotopic (exact) mass is 337 g/mol. The second kappa shape index (κ2) is 9.39. The van der Waals surface area contributed by atoms with Crippen LogP contribution in [-0.4, -0.2) is 36.5 Å². The van der Waals surface area contributed by atoms with Crippen molar-refractivity contribution in [3.8, 4) is 12.1 Å². The van der Waals surface area contributed by atoms with Crippen molar-refractivity contribution in [2.24, 2.45) is 0 Å². The van der Waals surface area contributed by atoms with E-state index >= 15 is 0 Å². The number of esters is 1. The number of nitrogens with zero attached hydrogens (tertiary/aromatic N) is 3. The van der Waals surface area contributed by atoms with Crippen molar-refractivity contribution in [1.29, 1.82) is 10.5 Å². The van der Waals surface area contributed by atoms with Crippen LogP contribution >= 0.6 is 11.6 Å². The largest absolute Gasteiger partial charge is 0.452 e. The molecule has 8 heteroatoms. The number of carbonyl (C=O) groups excluding carboxylic acids is 2. The lowest BCUT2D eigenvalue weighted by Gasteiger charge is -2.20. The van der Waals surface area contributed by atoms with Gasteiger partial charge in [-0.15, -0.1) is 0 Å². The van der Waals surface area contributed by atoms with Gasteiger partial charge in [0, 0.05) is 18.1 Å². The minimum atomic E-state index is -0.993. The van der Waals surface area contributed by atoms with Gasteiger partial charge in [-0.05, 0) is 18.2 Å². The second-order valence-electron chi connectivity index (χ2n) is 4.40. The molecule has 1 aromatic carbocycles. The average molecular weight is 338 g/mol. The van der Waals surface area contributed by atoms with Crippen LogP contribution in [0.15, 0.2) is 18.2 Å². The number of rotatable bonds is 7. The smallest absolute Gasteiger partial charge is 0.341 e. The van der Waals surface area contributed by atoms with Crippen LogP contribution in [0.2, 0.25) is 5.02 Å². The maximum Gasteiger partial charge on any atom is 0.341 e. The highest BCUT2D eigenvalue weighted by Gasteiger charge is 2.18. The van der Waals surface area contributed by atoms with Gasteiger partial charge in [-0.3, -0.25) is 4.79 Å². The molecule has 0 fully saturated rings. The van der Waals surface area contributed by atoms with Crippen molar-refractivity contribution in [2.75, 3.05) is 19.7 Å². The number of carbonyl (C=O) groups is 2. The Hall–Kier alpha value is -2.64. The Kier molecular flexibility index (Phi) is 7.52. The fraction of sp³-hybridized carbons (Fsp3) is 0.333. The van der Waals surface area contributed by atoms with E-state index in [4.69, 9.17) is 26.9 Å². The molecule has 0 aliphatic rings. The summed E-state index contributed by atoms with van der Waals surface area (Å²) in [6, 6.07) is 7.23. The summed E-state index contributed by atoms with van der Waals surface area (Å²) in [6.45, 7) is -0.342. The summed E-state index contributed by atoms with van der Waals surface area (Å²) in [5.74, 6) is -2.40. The summed E-state index contributed by atoms with van der Waals surface area (Å²) in [5, 5.41) is 17.2. The van der Waals surface area contributed by atoms with E-state index in [0.717, 1.165) is 12.1 Å². The van der Waals surface area contributed by atoms with Crippen molar-refractivity contribution < 1.29 is 18.7 Å². The van der Waals surface area contributed by atoms with Gasteiger partial charge in [-0.1, -0.05) is 11.6 Å². The molecule has 0 aliphatic heterocycles. The van der Waals surface area contributed by atoms with Crippen molar-refractivity contribution in [3.63, 3.8) is 0 Å². The maximum atomic E-state index is 13.6. The van der Waals surface area contributed by atoms with Gasteiger partial charge in [0.2, 0.25) is 0 Å². The van der Waals surface area contributed by atoms with Crippen LogP contribution < -0.4 is 0 Å². The lowest BCUT2D eigenvalue weighted by Crippen LogP contribution is -2.36. The molecule has 0 aromatic heterocycles. The summed E-state index contributed by atoms with van der Waals surface area (Å²) in [5.41, 5.74) is -0.331. The molecule has 6 nitrogen and oxygen atoms in total. The molecular weight excluding hydrogens is 325 g/mol. The summed E-state index contributed by atoms with van der Waals surface area (Å²) in [7, 11) is 0. The zero-order valence-corrected chi connectivity index (χ0v) is 12.8. The Labute approximate surface area is 137 Å². The number of hydrogen-bond donors (Lipinski definition) is 0. The molecule has 0 aliphatic carbocycles. The van der Waals surface area contributed by atoms with E-state index in [2.05, 4.69) is 0 Å². The number of halogens is 2. The zero-order valence-electron chi connectivity index (χ0n) is 12.1. The minimum Gasteiger partial charge on any atom is -0.452 e. The van der Waals surface area contributed by atoms with Gasteiger partial charge >= 0.3 is 5.97 Å². The van der Waals surface area contributed by atoms with Gasteiger partial charge in [-0.2, -0.15) is 10.5 Å². The molecule has 1 amide bonds. The first-order valence-electron chi connectivity index (χ1n) is 6.63. The first-order valence-corrected chi connectivity index (χ1v) is 7.01. The van der Waals surface area contributed by atoms with Gasteiger partial charge in [-0.25, -0.2) is 9.18 Å². The van der Waals surface area contributed by atoms with E-state index in [1.54, 1.807) is 0 Å². The van der Waals surface area contributed by atoms with Crippen molar-refractivity contribution in [3.05, 3.63) is 34.6 Å². The molecule has 0 unspecified atom stereocenters. The van der Waals surface area contributed by atoms with E-state index in [1.165, 1.54) is 11.0 Å². The normalized spacial score (nSPS) is 9.57. The van der Waals surface area contributed by atoms with Crippen LogP contribution in [0.1, 0.15) is 23.2 Å². The van der Waals surface area contributed by atoms with E-state index in [1.807, 2.05) is 12.1 Å². The van der Waals surface area contributed by atoms with Gasteiger partial charge in [0.05, 0.1) is 30.5 Å². The van der Waals surface area contributed by atoms with Gasteiger partial charge in [0.15, 0.2) is 6.61 Å². The predicted molar refractivity (Wildman–Crippen MR) is 78.7 cm³/mol. The highest BCUT2D eigenvalue weighted by molar-refractivity contribution is 6.30. The highest BCUT2D eigenvalue weighted by atomic mass is 35.5. The van der Waals surface area contributed by atoms with Crippen molar-refractivity contribution in [2.45, 2.75) is 12.8 Å². The lowest BCUT2D eigenvalue weighted by atomic mass is 10.2. The lowest BCUT2D eigenvalue weighted by molar-refractivity contribution is -0.134. The summed E-state index contributed by atoms with van der Waals surface area (Å²) in [4.78, 5) is 24.9. The third-order valence-corrected chi connectivity index (χ3v) is 3.05. The Bertz CT molecular complexity index is 649. The highest BCUT2D eigenvalue weighted by Crippen LogP contribution is 2.15. The third-order valence-electron chi connectivity index (χ3n) is 2.82. The van der Waals surface area contributed by atoms with Crippen LogP contribution in [0.5, 0.6) is 0 Å². The number of ether oxygens (including phenoxy) is 1. The second-order valence-corrected chi connectivity index (χ2v) is 4.83. The Morgan fingerprint density at radius 1 is 1.22 bits per heavy atom. The maximum absolute atomic E-state index is 13.6. The molecule has 0 atom stereocenters. The zero-order chi connectivity index (χ0) is 17.2. The molecule has 23 heavy (non-hydrogen) atoms. The molecule has 120 valence electrons. The summed E-state index contributed by atoms with van der Waals surface area (Å²) >= 11 is 5.58. The molecule has 0 saturated carbocycles. The minimum absolute atomic E-state index is 0.0942. The fourth-order valence-corrected chi connectivity index (χ4v) is 1.84. The molecule has 0 radical (unpaired) electrons. The molecule has 0 N–H and O–H groups in total. The third kappa shape index (κ3) is 5.93. The molecule has 1 aromatic rings. The van der Waals surface area contributed by atoms with Gasteiger partial charge in [0.25, 0.3) is 5.91 Å². The van der Waals surface area contributed by atoms with E-state index in [9.17, 15) is 14.0 Å². The fourth-order valence-electron chi connectivity index (χ4n) is 1.68. The summed E-state index contributed by atoms with van der Waals surface area (Å²) < 4.78 is 18.3. The standard InChI is InChI=1S/C15H13ClFN3O3/c16-11-3-4-12(13(17)9-11)15(22)23-10-14(21)20(7-1-5-18)8-2-6-19/h3-4,9H,1-2,7-8,10H2. The Balaban J connectivity index is 2.63. The average Bonchev–Trinajstić information content (AvgIpc) is 2.52. The molecule has 0 heterocycles. The predicted octanol–water partition coefficient (Wildman–Crippen LogP) is 2.29. The first-order chi connectivity index (χ1) is 11.0. The number of benzene rings is 1.